The average Bonchev–Trinajstić information content (AvgIpc) is 2.87. The third kappa shape index (κ3) is 3.09. The lowest BCUT2D eigenvalue weighted by Gasteiger charge is -2.08. The van der Waals surface area contributed by atoms with Gasteiger partial charge in [-0.1, -0.05) is 12.1 Å². The van der Waals surface area contributed by atoms with Gasteiger partial charge in [-0.05, 0) is 12.1 Å². The summed E-state index contributed by atoms with van der Waals surface area (Å²) in [5, 5.41) is 10.7. The summed E-state index contributed by atoms with van der Waals surface area (Å²) in [6.07, 6.45) is 0. The van der Waals surface area contributed by atoms with E-state index in [4.69, 9.17) is 10.8 Å². The largest absolute Gasteiger partial charge is 0.480 e. The number of carboxylic acid groups (broad SMARTS) is 1. The Morgan fingerprint density at radius 2 is 2.10 bits per heavy atom. The first-order valence-corrected chi connectivity index (χ1v) is 6.35. The van der Waals surface area contributed by atoms with E-state index in [1.54, 1.807) is 18.2 Å². The molecule has 0 fully saturated rings. The average molecular weight is 300 g/mol. The highest BCUT2D eigenvalue weighted by atomic mass is 32.1. The van der Waals surface area contributed by atoms with Crippen LogP contribution in [0.25, 0.3) is 10.6 Å². The first-order chi connectivity index (χ1) is 9.49. The number of benzene rings is 1. The molecule has 3 N–H and O–H groups in total. The molecule has 1 unspecified atom stereocenters. The maximum atomic E-state index is 12.3. The Hall–Kier alpha value is -2.06. The summed E-state index contributed by atoms with van der Waals surface area (Å²) >= 11 is 1.11. The number of para-hydroxylation sites is 1. The third-order valence-electron chi connectivity index (χ3n) is 2.44. The second-order valence-corrected chi connectivity index (χ2v) is 4.63. The number of ether oxygens (including phenoxy) is 1. The van der Waals surface area contributed by atoms with E-state index in [-0.39, 0.29) is 11.4 Å². The highest BCUT2D eigenvalue weighted by Gasteiger charge is 2.19. The van der Waals surface area contributed by atoms with Crippen LogP contribution in [0.1, 0.15) is 11.7 Å². The quantitative estimate of drug-likeness (QED) is 0.886. The summed E-state index contributed by atoms with van der Waals surface area (Å²) in [6.45, 7) is -2.95. The fraction of sp³-hybridized carbons (Fsp3) is 0.167. The molecule has 1 heterocycles. The number of halogens is 2. The molecule has 1 atom stereocenters. The van der Waals surface area contributed by atoms with E-state index in [0.29, 0.717) is 10.6 Å². The predicted molar refractivity (Wildman–Crippen MR) is 68.7 cm³/mol. The van der Waals surface area contributed by atoms with Gasteiger partial charge in [0.15, 0.2) is 0 Å². The fourth-order valence-electron chi connectivity index (χ4n) is 1.52. The zero-order chi connectivity index (χ0) is 14.7. The Kier molecular flexibility index (Phi) is 4.26. The lowest BCUT2D eigenvalue weighted by molar-refractivity contribution is -0.138. The molecule has 0 bridgehead atoms. The summed E-state index contributed by atoms with van der Waals surface area (Å²) in [5.74, 6) is -1.23. The SMILES string of the molecule is NC(C(=O)O)c1csc(-c2ccccc2OC(F)F)n1. The van der Waals surface area contributed by atoms with Gasteiger partial charge in [0.2, 0.25) is 0 Å². The van der Waals surface area contributed by atoms with E-state index < -0.39 is 18.6 Å². The van der Waals surface area contributed by atoms with Crippen molar-refractivity contribution in [2.24, 2.45) is 5.73 Å². The van der Waals surface area contributed by atoms with Gasteiger partial charge in [-0.3, -0.25) is 4.79 Å². The van der Waals surface area contributed by atoms with Crippen molar-refractivity contribution in [3.05, 3.63) is 35.3 Å². The Balaban J connectivity index is 2.35. The van der Waals surface area contributed by atoms with Crippen LogP contribution in [0.2, 0.25) is 0 Å². The molecule has 0 amide bonds. The van der Waals surface area contributed by atoms with Gasteiger partial charge in [0.05, 0.1) is 11.3 Å². The summed E-state index contributed by atoms with van der Waals surface area (Å²) in [7, 11) is 0. The molecule has 0 spiro atoms. The predicted octanol–water partition coefficient (Wildman–Crippen LogP) is 2.50. The number of hydrogen-bond donors (Lipinski definition) is 2. The van der Waals surface area contributed by atoms with Crippen molar-refractivity contribution < 1.29 is 23.4 Å². The molecule has 2 aromatic rings. The third-order valence-corrected chi connectivity index (χ3v) is 3.33. The minimum Gasteiger partial charge on any atom is -0.480 e. The maximum absolute atomic E-state index is 12.3. The number of nitrogens with zero attached hydrogens (tertiary/aromatic N) is 1. The molecule has 0 saturated carbocycles. The number of thiazole rings is 1. The van der Waals surface area contributed by atoms with Gasteiger partial charge in [0.1, 0.15) is 16.8 Å². The summed E-state index contributed by atoms with van der Waals surface area (Å²) in [4.78, 5) is 14.8. The molecule has 1 aromatic heterocycles. The molecule has 2 rings (SSSR count). The van der Waals surface area contributed by atoms with Gasteiger partial charge in [0, 0.05) is 5.38 Å². The molecular weight excluding hydrogens is 290 g/mol. The van der Waals surface area contributed by atoms with Crippen LogP contribution >= 0.6 is 11.3 Å². The van der Waals surface area contributed by atoms with Crippen LogP contribution in [0.15, 0.2) is 29.6 Å². The molecule has 0 aliphatic carbocycles. The monoisotopic (exact) mass is 300 g/mol. The molecule has 20 heavy (non-hydrogen) atoms. The number of rotatable bonds is 5. The van der Waals surface area contributed by atoms with Crippen molar-refractivity contribution in [2.45, 2.75) is 12.7 Å². The van der Waals surface area contributed by atoms with Gasteiger partial charge >= 0.3 is 12.6 Å². The molecule has 0 aliphatic rings. The highest BCUT2D eigenvalue weighted by Crippen LogP contribution is 2.33. The van der Waals surface area contributed by atoms with Crippen LogP contribution in [0.4, 0.5) is 8.78 Å². The molecule has 1 aromatic carbocycles. The number of hydrogen-bond acceptors (Lipinski definition) is 5. The molecule has 8 heteroatoms. The minimum absolute atomic E-state index is 0.0210. The Morgan fingerprint density at radius 3 is 2.75 bits per heavy atom. The molecular formula is C12H10F2N2O3S. The Bertz CT molecular complexity index is 618. The van der Waals surface area contributed by atoms with Crippen molar-refractivity contribution >= 4 is 17.3 Å². The van der Waals surface area contributed by atoms with E-state index >= 15 is 0 Å². The van der Waals surface area contributed by atoms with Crippen LogP contribution in [0.5, 0.6) is 5.75 Å². The van der Waals surface area contributed by atoms with Gasteiger partial charge in [-0.2, -0.15) is 8.78 Å². The van der Waals surface area contributed by atoms with Gasteiger partial charge in [0.25, 0.3) is 0 Å². The smallest absolute Gasteiger partial charge is 0.387 e. The molecule has 0 saturated heterocycles. The molecule has 106 valence electrons. The van der Waals surface area contributed by atoms with Gasteiger partial charge in [-0.15, -0.1) is 11.3 Å². The number of aromatic nitrogens is 1. The number of carbonyl (C=O) groups is 1. The summed E-state index contributed by atoms with van der Waals surface area (Å²) in [6, 6.07) is 4.90. The van der Waals surface area contributed by atoms with E-state index in [9.17, 15) is 13.6 Å². The Morgan fingerprint density at radius 1 is 1.40 bits per heavy atom. The molecule has 0 radical (unpaired) electrons. The maximum Gasteiger partial charge on any atom is 0.387 e. The lowest BCUT2D eigenvalue weighted by Crippen LogP contribution is -2.20. The van der Waals surface area contributed by atoms with Gasteiger partial charge < -0.3 is 15.6 Å². The number of alkyl halides is 2. The van der Waals surface area contributed by atoms with Crippen molar-refractivity contribution in [1.82, 2.24) is 4.98 Å². The van der Waals surface area contributed by atoms with Crippen LogP contribution < -0.4 is 10.5 Å². The van der Waals surface area contributed by atoms with Crippen molar-refractivity contribution in [1.29, 1.82) is 0 Å². The van der Waals surface area contributed by atoms with Gasteiger partial charge in [-0.25, -0.2) is 4.98 Å². The Labute approximate surface area is 116 Å². The topological polar surface area (TPSA) is 85.4 Å². The first kappa shape index (κ1) is 14.4. The standard InChI is InChI=1S/C12H10F2N2O3S/c13-12(14)19-8-4-2-1-3-6(8)10-16-7(5-20-10)9(15)11(17)18/h1-5,9,12H,15H2,(H,17,18). The second kappa shape index (κ2) is 5.93. The van der Waals surface area contributed by atoms with Crippen LogP contribution in [0.3, 0.4) is 0 Å². The van der Waals surface area contributed by atoms with E-state index in [0.717, 1.165) is 11.3 Å². The van der Waals surface area contributed by atoms with E-state index in [1.807, 2.05) is 0 Å². The van der Waals surface area contributed by atoms with Crippen LogP contribution in [0, 0.1) is 0 Å². The van der Waals surface area contributed by atoms with E-state index in [2.05, 4.69) is 9.72 Å². The fourth-order valence-corrected chi connectivity index (χ4v) is 2.41. The van der Waals surface area contributed by atoms with Crippen LogP contribution in [-0.2, 0) is 4.79 Å². The summed E-state index contributed by atoms with van der Waals surface area (Å²) in [5.41, 5.74) is 5.97. The number of aliphatic carboxylic acids is 1. The molecule has 5 nitrogen and oxygen atoms in total. The molecule has 0 aliphatic heterocycles. The van der Waals surface area contributed by atoms with Crippen molar-refractivity contribution in [3.63, 3.8) is 0 Å². The van der Waals surface area contributed by atoms with Crippen LogP contribution in [-0.4, -0.2) is 22.7 Å². The highest BCUT2D eigenvalue weighted by molar-refractivity contribution is 7.13. The first-order valence-electron chi connectivity index (χ1n) is 5.47. The zero-order valence-corrected chi connectivity index (χ0v) is 10.8. The number of nitrogens with two attached hydrogens (primary N) is 1. The second-order valence-electron chi connectivity index (χ2n) is 3.77. The van der Waals surface area contributed by atoms with E-state index in [1.165, 1.54) is 11.4 Å². The van der Waals surface area contributed by atoms with Crippen molar-refractivity contribution in [2.75, 3.05) is 0 Å². The minimum atomic E-state index is -2.95. The van der Waals surface area contributed by atoms with Crippen molar-refractivity contribution in [3.8, 4) is 16.3 Å². The normalized spacial score (nSPS) is 12.4. The zero-order valence-electron chi connectivity index (χ0n) is 9.99. The lowest BCUT2D eigenvalue weighted by atomic mass is 10.2. The summed E-state index contributed by atoms with van der Waals surface area (Å²) < 4.78 is 29.0. The number of carboxylic acids is 1.